The van der Waals surface area contributed by atoms with Gasteiger partial charge in [-0.05, 0) is 209 Å². The van der Waals surface area contributed by atoms with Gasteiger partial charge < -0.3 is 22.1 Å². The number of para-hydroxylation sites is 10. The zero-order chi connectivity index (χ0) is 86.8. The summed E-state index contributed by atoms with van der Waals surface area (Å²) in [6.45, 7) is 2.14. The minimum atomic E-state index is 0.880. The van der Waals surface area contributed by atoms with Crippen molar-refractivity contribution in [2.75, 3.05) is 0 Å². The van der Waals surface area contributed by atoms with Crippen molar-refractivity contribution in [3.8, 4) is 100 Å². The van der Waals surface area contributed by atoms with E-state index in [-0.39, 0.29) is 0 Å². The third-order valence-electron chi connectivity index (χ3n) is 27.7. The van der Waals surface area contributed by atoms with Crippen LogP contribution in [0.3, 0.4) is 0 Å². The van der Waals surface area contributed by atoms with Crippen LogP contribution in [0.1, 0.15) is 5.56 Å². The van der Waals surface area contributed by atoms with E-state index in [4.69, 9.17) is 22.1 Å². The molecule has 24 aromatic carbocycles. The number of fused-ring (bicyclic) bond motifs is 16. The standard InChI is InChI=1S/C44H26O.C42H24O3.C41H26O/c1-2-7-32-26-33(17-12-27(32)6-1)35-23-19-31-20-24-38-34(22-18-30-21-25-39(35)43(31)42(30)38)28-13-15-29(16-14-28)36-9-5-10-40-37-8-3-4-11-41(37)45-44(36)40;1-4-19-37-31(10-1)34-16-7-13-28(40(34)43-37)25-22-26(29-14-8-17-35-32-11-2-5-20-38(32)44-41(29)35)24-27(23-25)30-15-9-18-36-33-12-3-6-21-39(33)45-42(30)36;1-25-9-11-26(12-10-25)31-21-17-29-20-24-36-32(22-18-30-19-23-35(31)39(29)40(30)36)27-13-15-28(16-14-27)33-6-4-7-37-34-5-2-3-8-38(34)42-41(33)37/h1-26H;1-24H;2-24H,1H3. The maximum Gasteiger partial charge on any atom is 0.143 e. The Morgan fingerprint density at radius 1 is 0.129 bits per heavy atom. The molecule has 5 heterocycles. The Labute approximate surface area is 757 Å². The van der Waals surface area contributed by atoms with Crippen LogP contribution in [0.5, 0.6) is 0 Å². The SMILES string of the molecule is Cc1ccc(-c2ccc3ccc4c(-c5ccc(-c6cccc7c6oc6ccccc67)cc5)ccc5ccc2c3c54)cc1.c1ccc2c(c1)oc1c(-c3cc(-c4cccc5c4oc4ccccc45)cc(-c4cccc5c4oc4ccccc45)c3)cccc12.c1ccc2cc(-c3ccc4ccc5c(-c6ccc(-c7cccc8c7oc7ccccc78)cc6)ccc6ccc3c4c65)ccc2c1. The molecule has 0 aliphatic carbocycles. The lowest BCUT2D eigenvalue weighted by atomic mass is 9.87. The van der Waals surface area contributed by atoms with Crippen LogP contribution in [-0.4, -0.2) is 0 Å². The van der Waals surface area contributed by atoms with Gasteiger partial charge in [-0.2, -0.15) is 0 Å². The van der Waals surface area contributed by atoms with Crippen LogP contribution in [-0.2, 0) is 0 Å². The largest absolute Gasteiger partial charge is 0.455 e. The molecule has 5 heteroatoms. The van der Waals surface area contributed by atoms with Crippen LogP contribution in [0.25, 0.3) is 285 Å². The molecule has 0 aliphatic rings. The zero-order valence-electron chi connectivity index (χ0n) is 71.7. The van der Waals surface area contributed by atoms with Gasteiger partial charge in [0.1, 0.15) is 55.8 Å². The number of furan rings is 5. The lowest BCUT2D eigenvalue weighted by Gasteiger charge is -2.17. The fourth-order valence-corrected chi connectivity index (χ4v) is 21.3. The van der Waals surface area contributed by atoms with E-state index in [0.29, 0.717) is 0 Å². The second-order valence-corrected chi connectivity index (χ2v) is 35.1. The molecule has 0 aliphatic heterocycles. The van der Waals surface area contributed by atoms with Crippen LogP contribution in [0.4, 0.5) is 0 Å². The predicted molar refractivity (Wildman–Crippen MR) is 554 cm³/mol. The smallest absolute Gasteiger partial charge is 0.143 e. The summed E-state index contributed by atoms with van der Waals surface area (Å²) in [5.41, 5.74) is 31.2. The van der Waals surface area contributed by atoms with Crippen molar-refractivity contribution in [3.63, 3.8) is 0 Å². The summed E-state index contributed by atoms with van der Waals surface area (Å²) in [6.07, 6.45) is 0. The first-order valence-corrected chi connectivity index (χ1v) is 45.2. The van der Waals surface area contributed by atoms with Gasteiger partial charge >= 0.3 is 0 Å². The molecule has 0 saturated carbocycles. The van der Waals surface area contributed by atoms with Crippen LogP contribution < -0.4 is 0 Å². The predicted octanol–water partition coefficient (Wildman–Crippen LogP) is 36.8. The van der Waals surface area contributed by atoms with Crippen molar-refractivity contribution in [3.05, 3.63) is 448 Å². The van der Waals surface area contributed by atoms with Gasteiger partial charge in [0.2, 0.25) is 0 Å². The lowest BCUT2D eigenvalue weighted by molar-refractivity contribution is 0.669. The molecule has 132 heavy (non-hydrogen) atoms. The van der Waals surface area contributed by atoms with Crippen LogP contribution in [0.2, 0.25) is 0 Å². The molecule has 0 fully saturated rings. The Bertz CT molecular complexity index is 9410. The molecular weight excluding hydrogens is 1610 g/mol. The van der Waals surface area contributed by atoms with Crippen molar-refractivity contribution in [2.45, 2.75) is 6.92 Å². The molecule has 0 atom stereocenters. The summed E-state index contributed by atoms with van der Waals surface area (Å²) < 4.78 is 32.2. The quantitative estimate of drug-likeness (QED) is 0.135. The maximum absolute atomic E-state index is 6.51. The fourth-order valence-electron chi connectivity index (χ4n) is 21.3. The van der Waals surface area contributed by atoms with Gasteiger partial charge in [0, 0.05) is 81.7 Å². The average molecular weight is 1680 g/mol. The van der Waals surface area contributed by atoms with Gasteiger partial charge in [0.25, 0.3) is 0 Å². The van der Waals surface area contributed by atoms with Crippen molar-refractivity contribution >= 4 is 185 Å². The Hall–Kier alpha value is -17.4. The van der Waals surface area contributed by atoms with Crippen molar-refractivity contribution < 1.29 is 22.1 Å². The second-order valence-electron chi connectivity index (χ2n) is 35.1. The van der Waals surface area contributed by atoms with E-state index >= 15 is 0 Å². The van der Waals surface area contributed by atoms with Crippen molar-refractivity contribution in [2.24, 2.45) is 0 Å². The molecule has 0 spiro atoms. The summed E-state index contributed by atoms with van der Waals surface area (Å²) in [5, 5.41) is 29.5. The number of benzene rings is 24. The van der Waals surface area contributed by atoms with Crippen LogP contribution >= 0.6 is 0 Å². The highest BCUT2D eigenvalue weighted by molar-refractivity contribution is 6.30. The van der Waals surface area contributed by atoms with E-state index in [9.17, 15) is 0 Å². The lowest BCUT2D eigenvalue weighted by Crippen LogP contribution is -1.89. The summed E-state index contributed by atoms with van der Waals surface area (Å²) >= 11 is 0. The first-order chi connectivity index (χ1) is 65.3. The Morgan fingerprint density at radius 3 is 0.652 bits per heavy atom. The monoisotopic (exact) mass is 1680 g/mol. The van der Waals surface area contributed by atoms with Gasteiger partial charge in [-0.3, -0.25) is 0 Å². The molecular formula is C127H76O5. The van der Waals surface area contributed by atoms with Gasteiger partial charge in [0.05, 0.1) is 0 Å². The minimum Gasteiger partial charge on any atom is -0.455 e. The molecule has 0 amide bonds. The molecule has 0 bridgehead atoms. The van der Waals surface area contributed by atoms with Crippen LogP contribution in [0, 0.1) is 6.92 Å². The highest BCUT2D eigenvalue weighted by Crippen LogP contribution is 2.50. The highest BCUT2D eigenvalue weighted by Gasteiger charge is 2.24. The molecule has 5 aromatic heterocycles. The first-order valence-electron chi connectivity index (χ1n) is 45.2. The summed E-state index contributed by atoms with van der Waals surface area (Å²) in [7, 11) is 0. The third kappa shape index (κ3) is 12.0. The zero-order valence-corrected chi connectivity index (χ0v) is 71.7. The maximum atomic E-state index is 6.51. The van der Waals surface area contributed by atoms with E-state index in [0.717, 1.165) is 165 Å². The topological polar surface area (TPSA) is 65.7 Å². The van der Waals surface area contributed by atoms with Crippen molar-refractivity contribution in [1.29, 1.82) is 0 Å². The Balaban J connectivity index is 0.000000101. The molecule has 29 aromatic rings. The normalized spacial score (nSPS) is 12.0. The van der Waals surface area contributed by atoms with E-state index in [1.165, 1.54) is 125 Å². The Kier molecular flexibility index (Phi) is 16.9. The summed E-state index contributed by atoms with van der Waals surface area (Å²) in [5.74, 6) is 0. The molecule has 0 saturated heterocycles. The molecule has 29 rings (SSSR count). The molecule has 614 valence electrons. The number of hydrogen-bond donors (Lipinski definition) is 0. The average Bonchev–Trinajstić information content (AvgIpc) is 0.918. The molecule has 0 N–H and O–H groups in total. The number of rotatable bonds is 9. The van der Waals surface area contributed by atoms with E-state index in [1.54, 1.807) is 0 Å². The second kappa shape index (κ2) is 29.9. The van der Waals surface area contributed by atoms with Gasteiger partial charge in [-0.1, -0.05) is 394 Å². The van der Waals surface area contributed by atoms with Crippen molar-refractivity contribution in [1.82, 2.24) is 0 Å². The molecule has 0 unspecified atom stereocenters. The minimum absolute atomic E-state index is 0.880. The van der Waals surface area contributed by atoms with E-state index in [1.807, 2.05) is 60.7 Å². The molecule has 5 nitrogen and oxygen atoms in total. The fraction of sp³-hybridized carbons (Fsp3) is 0.00787. The Morgan fingerprint density at radius 2 is 0.348 bits per heavy atom. The van der Waals surface area contributed by atoms with Gasteiger partial charge in [-0.25, -0.2) is 0 Å². The summed E-state index contributed by atoms with van der Waals surface area (Å²) in [4.78, 5) is 0. The third-order valence-corrected chi connectivity index (χ3v) is 27.7. The number of aryl methyl sites for hydroxylation is 1. The molecule has 0 radical (unpaired) electrons. The van der Waals surface area contributed by atoms with Gasteiger partial charge in [-0.15, -0.1) is 0 Å². The summed E-state index contributed by atoms with van der Waals surface area (Å²) in [6, 6.07) is 159. The van der Waals surface area contributed by atoms with Gasteiger partial charge in [0.15, 0.2) is 0 Å². The number of hydrogen-bond acceptors (Lipinski definition) is 5. The highest BCUT2D eigenvalue weighted by atomic mass is 16.3. The van der Waals surface area contributed by atoms with Crippen LogP contribution in [0.15, 0.2) is 465 Å². The first kappa shape index (κ1) is 74.8. The van der Waals surface area contributed by atoms with E-state index < -0.39 is 0 Å². The van der Waals surface area contributed by atoms with E-state index in [2.05, 4.69) is 389 Å².